The first-order valence-corrected chi connectivity index (χ1v) is 12.8. The van der Waals surface area contributed by atoms with Gasteiger partial charge < -0.3 is 15.4 Å². The van der Waals surface area contributed by atoms with Crippen LogP contribution in [-0.2, 0) is 17.6 Å². The van der Waals surface area contributed by atoms with Crippen molar-refractivity contribution in [1.29, 1.82) is 0 Å². The van der Waals surface area contributed by atoms with Crippen LogP contribution in [0.2, 0.25) is 0 Å². The zero-order chi connectivity index (χ0) is 22.9. The van der Waals surface area contributed by atoms with Gasteiger partial charge in [-0.3, -0.25) is 4.79 Å². The van der Waals surface area contributed by atoms with Crippen LogP contribution in [0.25, 0.3) is 10.2 Å². The second kappa shape index (κ2) is 9.39. The maximum Gasteiger partial charge on any atom is 0.226 e. The molecule has 0 saturated heterocycles. The highest BCUT2D eigenvalue weighted by Gasteiger charge is 2.33. The number of hydrogen-bond donors (Lipinski definition) is 1. The first-order valence-electron chi connectivity index (χ1n) is 12.0. The Labute approximate surface area is 199 Å². The Morgan fingerprint density at radius 2 is 1.88 bits per heavy atom. The third kappa shape index (κ3) is 4.75. The van der Waals surface area contributed by atoms with E-state index in [1.54, 1.807) is 11.3 Å². The summed E-state index contributed by atoms with van der Waals surface area (Å²) < 4.78 is 6.63. The number of carbonyl (C=O) groups is 1. The highest BCUT2D eigenvalue weighted by molar-refractivity contribution is 7.19. The van der Waals surface area contributed by atoms with E-state index in [1.165, 1.54) is 16.0 Å². The van der Waals surface area contributed by atoms with Crippen molar-refractivity contribution < 1.29 is 9.53 Å². The van der Waals surface area contributed by atoms with Crippen molar-refractivity contribution >= 4 is 27.5 Å². The molecule has 3 aromatic rings. The SMILES string of the molecule is CN(C)C1CCC(Oc2nc(Cc3ccccc3)nc3sc4c(c23)C(CC(N)=O)CC4)CC1. The summed E-state index contributed by atoms with van der Waals surface area (Å²) in [5, 5.41) is 1.02. The lowest BCUT2D eigenvalue weighted by molar-refractivity contribution is -0.118. The molecule has 0 bridgehead atoms. The molecule has 174 valence electrons. The van der Waals surface area contributed by atoms with Gasteiger partial charge in [0.25, 0.3) is 0 Å². The average Bonchev–Trinajstić information content (AvgIpc) is 3.34. The second-order valence-corrected chi connectivity index (χ2v) is 10.7. The summed E-state index contributed by atoms with van der Waals surface area (Å²) in [5.74, 6) is 1.38. The van der Waals surface area contributed by atoms with E-state index in [2.05, 4.69) is 31.1 Å². The minimum Gasteiger partial charge on any atom is -0.474 e. The molecule has 6 nitrogen and oxygen atoms in total. The van der Waals surface area contributed by atoms with Gasteiger partial charge in [-0.15, -0.1) is 11.3 Å². The molecule has 7 heteroatoms. The molecule has 1 unspecified atom stereocenters. The molecule has 2 N–H and O–H groups in total. The monoisotopic (exact) mass is 464 g/mol. The predicted molar refractivity (Wildman–Crippen MR) is 132 cm³/mol. The Bertz CT molecular complexity index is 1140. The van der Waals surface area contributed by atoms with Gasteiger partial charge in [0.15, 0.2) is 0 Å². The first-order chi connectivity index (χ1) is 16.0. The number of primary amides is 1. The minimum atomic E-state index is -0.252. The molecule has 2 aliphatic rings. The quantitative estimate of drug-likeness (QED) is 0.559. The van der Waals surface area contributed by atoms with Crippen molar-refractivity contribution in [1.82, 2.24) is 14.9 Å². The Morgan fingerprint density at radius 1 is 1.12 bits per heavy atom. The maximum atomic E-state index is 11.7. The lowest BCUT2D eigenvalue weighted by Gasteiger charge is -2.32. The number of aromatic nitrogens is 2. The number of amides is 1. The Hall–Kier alpha value is -2.51. The molecule has 2 heterocycles. The first kappa shape index (κ1) is 22.3. The Morgan fingerprint density at radius 3 is 2.58 bits per heavy atom. The number of fused-ring (bicyclic) bond motifs is 3. The summed E-state index contributed by atoms with van der Waals surface area (Å²) in [6.45, 7) is 0. The number of nitrogens with zero attached hydrogens (tertiary/aromatic N) is 3. The van der Waals surface area contributed by atoms with Crippen molar-refractivity contribution in [3.63, 3.8) is 0 Å². The largest absolute Gasteiger partial charge is 0.474 e. The molecule has 33 heavy (non-hydrogen) atoms. The topological polar surface area (TPSA) is 81.3 Å². The lowest BCUT2D eigenvalue weighted by atomic mass is 9.92. The molecule has 0 aliphatic heterocycles. The van der Waals surface area contributed by atoms with Crippen LogP contribution < -0.4 is 10.5 Å². The third-order valence-corrected chi connectivity index (χ3v) is 8.27. The zero-order valence-electron chi connectivity index (χ0n) is 19.4. The van der Waals surface area contributed by atoms with Crippen LogP contribution in [0.4, 0.5) is 0 Å². The fourth-order valence-corrected chi connectivity index (χ4v) is 6.65. The van der Waals surface area contributed by atoms with E-state index in [0.29, 0.717) is 24.8 Å². The van der Waals surface area contributed by atoms with E-state index in [1.807, 2.05) is 18.2 Å². The van der Waals surface area contributed by atoms with Crippen molar-refractivity contribution in [2.45, 2.75) is 69.4 Å². The van der Waals surface area contributed by atoms with Crippen molar-refractivity contribution in [3.8, 4) is 5.88 Å². The van der Waals surface area contributed by atoms with Gasteiger partial charge in [0, 0.05) is 23.8 Å². The van der Waals surface area contributed by atoms with E-state index in [-0.39, 0.29) is 17.9 Å². The fourth-order valence-electron chi connectivity index (χ4n) is 5.37. The molecule has 1 amide bonds. The summed E-state index contributed by atoms with van der Waals surface area (Å²) in [6, 6.07) is 10.9. The molecule has 5 rings (SSSR count). The standard InChI is InChI=1S/C26H32N4O2S/c1-30(2)18-9-11-19(12-10-18)32-25-24-23-17(15-21(27)31)8-13-20(23)33-26(24)29-22(28-25)14-16-6-4-3-5-7-16/h3-7,17-19H,8-15H2,1-2H3,(H2,27,31). The Balaban J connectivity index is 1.50. The van der Waals surface area contributed by atoms with Gasteiger partial charge in [-0.05, 0) is 69.7 Å². The highest BCUT2D eigenvalue weighted by atomic mass is 32.1. The molecule has 2 aromatic heterocycles. The van der Waals surface area contributed by atoms with E-state index in [4.69, 9.17) is 20.4 Å². The summed E-state index contributed by atoms with van der Waals surface area (Å²) in [7, 11) is 4.31. The van der Waals surface area contributed by atoms with Gasteiger partial charge in [0.05, 0.1) is 5.39 Å². The average molecular weight is 465 g/mol. The zero-order valence-corrected chi connectivity index (χ0v) is 20.2. The van der Waals surface area contributed by atoms with Gasteiger partial charge in [-0.1, -0.05) is 30.3 Å². The number of benzene rings is 1. The number of aryl methyl sites for hydroxylation is 1. The van der Waals surface area contributed by atoms with Gasteiger partial charge in [-0.2, -0.15) is 4.98 Å². The van der Waals surface area contributed by atoms with Gasteiger partial charge in [-0.25, -0.2) is 4.98 Å². The van der Waals surface area contributed by atoms with Crippen LogP contribution >= 0.6 is 11.3 Å². The number of hydrogen-bond acceptors (Lipinski definition) is 6. The molecule has 1 atom stereocenters. The van der Waals surface area contributed by atoms with E-state index >= 15 is 0 Å². The van der Waals surface area contributed by atoms with Crippen LogP contribution in [0.5, 0.6) is 5.88 Å². The van der Waals surface area contributed by atoms with Gasteiger partial charge in [0.2, 0.25) is 11.8 Å². The molecular formula is C26H32N4O2S. The predicted octanol–water partition coefficient (Wildman–Crippen LogP) is 4.44. The van der Waals surface area contributed by atoms with E-state index in [0.717, 1.165) is 54.6 Å². The number of ether oxygens (including phenoxy) is 1. The van der Waals surface area contributed by atoms with Crippen LogP contribution in [0.3, 0.4) is 0 Å². The molecule has 0 spiro atoms. The summed E-state index contributed by atoms with van der Waals surface area (Å²) in [5.41, 5.74) is 7.97. The van der Waals surface area contributed by atoms with Crippen molar-refractivity contribution in [2.75, 3.05) is 14.1 Å². The molecule has 1 aromatic carbocycles. The van der Waals surface area contributed by atoms with Crippen LogP contribution in [0.1, 0.15) is 66.3 Å². The summed E-state index contributed by atoms with van der Waals surface area (Å²) >= 11 is 1.73. The minimum absolute atomic E-state index is 0.140. The van der Waals surface area contributed by atoms with Crippen molar-refractivity contribution in [3.05, 3.63) is 52.2 Å². The molecule has 1 saturated carbocycles. The fraction of sp³-hybridized carbons (Fsp3) is 0.500. The second-order valence-electron chi connectivity index (χ2n) is 9.64. The molecular weight excluding hydrogens is 432 g/mol. The number of carbonyl (C=O) groups excluding carboxylic acids is 1. The van der Waals surface area contributed by atoms with Crippen LogP contribution in [0, 0.1) is 0 Å². The Kier molecular flexibility index (Phi) is 6.34. The van der Waals surface area contributed by atoms with E-state index < -0.39 is 0 Å². The number of rotatable bonds is 7. The number of nitrogens with two attached hydrogens (primary N) is 1. The van der Waals surface area contributed by atoms with Crippen LogP contribution in [-0.4, -0.2) is 47.0 Å². The van der Waals surface area contributed by atoms with Gasteiger partial charge in [0.1, 0.15) is 16.8 Å². The molecule has 1 fully saturated rings. The smallest absolute Gasteiger partial charge is 0.226 e. The highest BCUT2D eigenvalue weighted by Crippen LogP contribution is 2.47. The van der Waals surface area contributed by atoms with E-state index in [9.17, 15) is 4.79 Å². The van der Waals surface area contributed by atoms with Crippen LogP contribution in [0.15, 0.2) is 30.3 Å². The molecule has 2 aliphatic carbocycles. The summed E-state index contributed by atoms with van der Waals surface area (Å²) in [4.78, 5) is 26.2. The summed E-state index contributed by atoms with van der Waals surface area (Å²) in [6.07, 6.45) is 7.46. The normalized spacial score (nSPS) is 22.6. The lowest BCUT2D eigenvalue weighted by Crippen LogP contribution is -2.35. The maximum absolute atomic E-state index is 11.7. The molecule has 0 radical (unpaired) electrons. The van der Waals surface area contributed by atoms with Gasteiger partial charge >= 0.3 is 0 Å². The van der Waals surface area contributed by atoms with Crippen molar-refractivity contribution in [2.24, 2.45) is 5.73 Å². The third-order valence-electron chi connectivity index (χ3n) is 7.11. The number of thiophene rings is 1.